The van der Waals surface area contributed by atoms with Crippen LogP contribution < -0.4 is 11.5 Å². The maximum absolute atomic E-state index is 10.7. The van der Waals surface area contributed by atoms with Gasteiger partial charge in [-0.25, -0.2) is 0 Å². The highest BCUT2D eigenvalue weighted by molar-refractivity contribution is 5.74. The lowest BCUT2D eigenvalue weighted by Gasteiger charge is -2.13. The normalized spacial score (nSPS) is 12.4. The van der Waals surface area contributed by atoms with Gasteiger partial charge in [-0.15, -0.1) is 0 Å². The largest absolute Gasteiger partial charge is 0.370 e. The molecule has 1 amide bonds. The lowest BCUT2D eigenvalue weighted by Crippen LogP contribution is -2.21. The second-order valence-corrected chi connectivity index (χ2v) is 3.33. The summed E-state index contributed by atoms with van der Waals surface area (Å²) in [6, 6.07) is 7.60. The van der Waals surface area contributed by atoms with E-state index in [1.54, 1.807) is 0 Å². The van der Waals surface area contributed by atoms with Gasteiger partial charge < -0.3 is 11.5 Å². The van der Waals surface area contributed by atoms with Crippen molar-refractivity contribution in [1.82, 2.24) is 0 Å². The molecule has 3 heteroatoms. The van der Waals surface area contributed by atoms with Crippen molar-refractivity contribution in [3.8, 4) is 0 Å². The summed E-state index contributed by atoms with van der Waals surface area (Å²) in [6.07, 6.45) is 1.12. The van der Waals surface area contributed by atoms with Crippen molar-refractivity contribution < 1.29 is 4.79 Å². The number of carbonyl (C=O) groups is 1. The molecular formula is C11H16N2O. The number of hydrogen-bond donors (Lipinski definition) is 2. The quantitative estimate of drug-likeness (QED) is 0.750. The van der Waals surface area contributed by atoms with Crippen LogP contribution in [0.3, 0.4) is 0 Å². The van der Waals surface area contributed by atoms with Gasteiger partial charge in [0.15, 0.2) is 0 Å². The van der Waals surface area contributed by atoms with Crippen LogP contribution in [0.4, 0.5) is 0 Å². The van der Waals surface area contributed by atoms with Gasteiger partial charge in [0, 0.05) is 12.5 Å². The Kier molecular flexibility index (Phi) is 3.65. The highest BCUT2D eigenvalue weighted by Gasteiger charge is 2.11. The molecule has 1 atom stereocenters. The molecule has 0 radical (unpaired) electrons. The van der Waals surface area contributed by atoms with Crippen LogP contribution in [0.2, 0.25) is 0 Å². The van der Waals surface area contributed by atoms with Crippen LogP contribution in [0.5, 0.6) is 0 Å². The minimum Gasteiger partial charge on any atom is -0.370 e. The van der Waals surface area contributed by atoms with E-state index in [1.165, 1.54) is 5.56 Å². The third-order valence-corrected chi connectivity index (χ3v) is 2.26. The van der Waals surface area contributed by atoms with Crippen LogP contribution >= 0.6 is 0 Å². The molecule has 0 saturated carbocycles. The molecule has 0 aliphatic rings. The van der Waals surface area contributed by atoms with Gasteiger partial charge in [0.05, 0.1) is 0 Å². The number of aryl methyl sites for hydroxylation is 1. The molecule has 0 heterocycles. The maximum Gasteiger partial charge on any atom is 0.219 e. The standard InChI is InChI=1S/C11H16N2O/c1-2-8-5-3-4-6-9(8)10(12)7-11(13)14/h3-6,10H,2,7,12H2,1H3,(H2,13,14). The first-order valence-corrected chi connectivity index (χ1v) is 4.76. The Hall–Kier alpha value is -1.35. The van der Waals surface area contributed by atoms with E-state index in [9.17, 15) is 4.79 Å². The van der Waals surface area contributed by atoms with E-state index in [4.69, 9.17) is 11.5 Å². The molecule has 0 aliphatic heterocycles. The van der Waals surface area contributed by atoms with E-state index in [0.717, 1.165) is 12.0 Å². The average molecular weight is 192 g/mol. The summed E-state index contributed by atoms with van der Waals surface area (Å²) in [5.41, 5.74) is 13.2. The zero-order valence-electron chi connectivity index (χ0n) is 8.36. The van der Waals surface area contributed by atoms with Gasteiger partial charge in [-0.1, -0.05) is 31.2 Å². The molecule has 1 rings (SSSR count). The molecule has 14 heavy (non-hydrogen) atoms. The first-order chi connectivity index (χ1) is 6.65. The second-order valence-electron chi connectivity index (χ2n) is 3.33. The number of nitrogens with two attached hydrogens (primary N) is 2. The molecule has 76 valence electrons. The fourth-order valence-corrected chi connectivity index (χ4v) is 1.54. The van der Waals surface area contributed by atoms with E-state index in [2.05, 4.69) is 6.92 Å². The predicted octanol–water partition coefficient (Wildman–Crippen LogP) is 1.12. The molecule has 1 aromatic carbocycles. The van der Waals surface area contributed by atoms with E-state index >= 15 is 0 Å². The maximum atomic E-state index is 10.7. The van der Waals surface area contributed by atoms with Gasteiger partial charge in [0.2, 0.25) is 5.91 Å². The molecule has 0 spiro atoms. The first-order valence-electron chi connectivity index (χ1n) is 4.76. The van der Waals surface area contributed by atoms with Crippen LogP contribution in [0, 0.1) is 0 Å². The molecule has 1 unspecified atom stereocenters. The van der Waals surface area contributed by atoms with Crippen molar-refractivity contribution >= 4 is 5.91 Å². The van der Waals surface area contributed by atoms with Crippen LogP contribution in [0.15, 0.2) is 24.3 Å². The fraction of sp³-hybridized carbons (Fsp3) is 0.364. The molecule has 3 nitrogen and oxygen atoms in total. The predicted molar refractivity (Wildman–Crippen MR) is 56.6 cm³/mol. The molecule has 0 bridgehead atoms. The number of primary amides is 1. The van der Waals surface area contributed by atoms with Crippen molar-refractivity contribution in [1.29, 1.82) is 0 Å². The zero-order chi connectivity index (χ0) is 10.6. The summed E-state index contributed by atoms with van der Waals surface area (Å²) in [4.78, 5) is 10.7. The fourth-order valence-electron chi connectivity index (χ4n) is 1.54. The summed E-state index contributed by atoms with van der Waals surface area (Å²) >= 11 is 0. The minimum absolute atomic E-state index is 0.205. The topological polar surface area (TPSA) is 69.1 Å². The molecule has 4 N–H and O–H groups in total. The minimum atomic E-state index is -0.358. The Morgan fingerprint density at radius 1 is 1.43 bits per heavy atom. The van der Waals surface area contributed by atoms with Gasteiger partial charge in [0.25, 0.3) is 0 Å². The highest BCUT2D eigenvalue weighted by Crippen LogP contribution is 2.18. The van der Waals surface area contributed by atoms with E-state index < -0.39 is 0 Å². The lowest BCUT2D eigenvalue weighted by molar-refractivity contribution is -0.118. The van der Waals surface area contributed by atoms with Crippen molar-refractivity contribution in [2.24, 2.45) is 11.5 Å². The molecule has 0 fully saturated rings. The Labute approximate surface area is 84.1 Å². The number of hydrogen-bond acceptors (Lipinski definition) is 2. The Morgan fingerprint density at radius 3 is 2.64 bits per heavy atom. The third kappa shape index (κ3) is 2.57. The SMILES string of the molecule is CCc1ccccc1C(N)CC(N)=O. The van der Waals surface area contributed by atoms with Crippen molar-refractivity contribution in [3.05, 3.63) is 35.4 Å². The molecular weight excluding hydrogens is 176 g/mol. The smallest absolute Gasteiger partial charge is 0.219 e. The van der Waals surface area contributed by atoms with Crippen molar-refractivity contribution in [2.45, 2.75) is 25.8 Å². The summed E-state index contributed by atoms with van der Waals surface area (Å²) in [7, 11) is 0. The summed E-state index contributed by atoms with van der Waals surface area (Å²) in [5.74, 6) is -0.358. The van der Waals surface area contributed by atoms with Gasteiger partial charge in [0.1, 0.15) is 0 Å². The highest BCUT2D eigenvalue weighted by atomic mass is 16.1. The van der Waals surface area contributed by atoms with Gasteiger partial charge in [-0.05, 0) is 17.5 Å². The number of benzene rings is 1. The summed E-state index contributed by atoms with van der Waals surface area (Å²) in [6.45, 7) is 2.07. The average Bonchev–Trinajstić information content (AvgIpc) is 2.16. The van der Waals surface area contributed by atoms with E-state index in [0.29, 0.717) is 0 Å². The molecule has 0 saturated heterocycles. The van der Waals surface area contributed by atoms with E-state index in [-0.39, 0.29) is 18.4 Å². The summed E-state index contributed by atoms with van der Waals surface area (Å²) in [5, 5.41) is 0. The lowest BCUT2D eigenvalue weighted by atomic mass is 9.97. The zero-order valence-corrected chi connectivity index (χ0v) is 8.36. The Morgan fingerprint density at radius 2 is 2.07 bits per heavy atom. The second kappa shape index (κ2) is 4.77. The molecule has 0 aliphatic carbocycles. The van der Waals surface area contributed by atoms with Crippen LogP contribution in [0.25, 0.3) is 0 Å². The van der Waals surface area contributed by atoms with E-state index in [1.807, 2.05) is 24.3 Å². The first kappa shape index (κ1) is 10.7. The molecule has 0 aromatic heterocycles. The van der Waals surface area contributed by atoms with Crippen molar-refractivity contribution in [3.63, 3.8) is 0 Å². The van der Waals surface area contributed by atoms with Crippen LogP contribution in [-0.2, 0) is 11.2 Å². The van der Waals surface area contributed by atoms with Crippen molar-refractivity contribution in [2.75, 3.05) is 0 Å². The monoisotopic (exact) mass is 192 g/mol. The Bertz CT molecular complexity index is 323. The number of amides is 1. The van der Waals surface area contributed by atoms with Gasteiger partial charge in [-0.2, -0.15) is 0 Å². The third-order valence-electron chi connectivity index (χ3n) is 2.26. The van der Waals surface area contributed by atoms with Crippen LogP contribution in [0.1, 0.15) is 30.5 Å². The Balaban J connectivity index is 2.87. The molecule has 1 aromatic rings. The van der Waals surface area contributed by atoms with Crippen LogP contribution in [-0.4, -0.2) is 5.91 Å². The van der Waals surface area contributed by atoms with Gasteiger partial charge in [-0.3, -0.25) is 4.79 Å². The summed E-state index contributed by atoms with van der Waals surface area (Å²) < 4.78 is 0. The number of carbonyl (C=O) groups excluding carboxylic acids is 1. The number of rotatable bonds is 4. The van der Waals surface area contributed by atoms with Gasteiger partial charge >= 0.3 is 0 Å².